The van der Waals surface area contributed by atoms with Gasteiger partial charge >= 0.3 is 0 Å². The molecule has 0 aromatic rings. The van der Waals surface area contributed by atoms with Crippen molar-refractivity contribution < 1.29 is 9.90 Å². The zero-order chi connectivity index (χ0) is 13.6. The van der Waals surface area contributed by atoms with Crippen LogP contribution in [0.4, 0.5) is 0 Å². The van der Waals surface area contributed by atoms with Crippen molar-refractivity contribution >= 4 is 5.91 Å². The number of hydrogen-bond acceptors (Lipinski definition) is 3. The molecule has 3 N–H and O–H groups in total. The van der Waals surface area contributed by atoms with E-state index in [0.717, 1.165) is 0 Å². The van der Waals surface area contributed by atoms with E-state index in [0.29, 0.717) is 19.0 Å². The standard InChI is InChI=1S/C14H28N2O2/c1-14(2,3)12(8-9-17)16-13(18)10-15-11-6-4-5-7-11/h11-12,15,17H,4-10H2,1-3H3,(H,16,18). The average molecular weight is 256 g/mol. The van der Waals surface area contributed by atoms with Crippen LogP contribution in [0.2, 0.25) is 0 Å². The van der Waals surface area contributed by atoms with Gasteiger partial charge in [-0.1, -0.05) is 33.6 Å². The van der Waals surface area contributed by atoms with Gasteiger partial charge in [-0.05, 0) is 24.7 Å². The molecule has 1 saturated carbocycles. The van der Waals surface area contributed by atoms with Crippen molar-refractivity contribution in [3.8, 4) is 0 Å². The number of rotatable bonds is 6. The lowest BCUT2D eigenvalue weighted by Gasteiger charge is -2.31. The lowest BCUT2D eigenvalue weighted by atomic mass is 9.85. The smallest absolute Gasteiger partial charge is 0.234 e. The predicted molar refractivity (Wildman–Crippen MR) is 73.3 cm³/mol. The van der Waals surface area contributed by atoms with Crippen LogP contribution < -0.4 is 10.6 Å². The first kappa shape index (κ1) is 15.4. The summed E-state index contributed by atoms with van der Waals surface area (Å²) in [4.78, 5) is 11.9. The minimum Gasteiger partial charge on any atom is -0.396 e. The Morgan fingerprint density at radius 2 is 1.94 bits per heavy atom. The van der Waals surface area contributed by atoms with E-state index in [2.05, 4.69) is 31.4 Å². The minimum absolute atomic E-state index is 0.0221. The Hall–Kier alpha value is -0.610. The predicted octanol–water partition coefficient (Wildman–Crippen LogP) is 1.43. The van der Waals surface area contributed by atoms with Gasteiger partial charge in [0.1, 0.15) is 0 Å². The van der Waals surface area contributed by atoms with Gasteiger partial charge in [0.05, 0.1) is 6.54 Å². The van der Waals surface area contributed by atoms with Crippen molar-refractivity contribution in [2.45, 2.75) is 65.0 Å². The van der Waals surface area contributed by atoms with Gasteiger partial charge < -0.3 is 15.7 Å². The second kappa shape index (κ2) is 7.10. The van der Waals surface area contributed by atoms with Gasteiger partial charge in [-0.2, -0.15) is 0 Å². The van der Waals surface area contributed by atoms with Gasteiger partial charge in [0, 0.05) is 18.7 Å². The number of aliphatic hydroxyl groups excluding tert-OH is 1. The zero-order valence-electron chi connectivity index (χ0n) is 12.0. The summed E-state index contributed by atoms with van der Waals surface area (Å²) in [6, 6.07) is 0.544. The van der Waals surface area contributed by atoms with Crippen LogP contribution in [-0.2, 0) is 4.79 Å². The van der Waals surface area contributed by atoms with Gasteiger partial charge in [0.2, 0.25) is 5.91 Å². The van der Waals surface area contributed by atoms with E-state index >= 15 is 0 Å². The van der Waals surface area contributed by atoms with Crippen LogP contribution in [0.15, 0.2) is 0 Å². The fourth-order valence-corrected chi connectivity index (χ4v) is 2.46. The van der Waals surface area contributed by atoms with Crippen LogP contribution in [0.1, 0.15) is 52.9 Å². The number of carbonyl (C=O) groups is 1. The summed E-state index contributed by atoms with van der Waals surface area (Å²) in [5.74, 6) is 0.0373. The molecule has 0 aliphatic heterocycles. The van der Waals surface area contributed by atoms with E-state index in [9.17, 15) is 4.79 Å². The molecule has 0 spiro atoms. The second-order valence-electron chi connectivity index (χ2n) is 6.36. The van der Waals surface area contributed by atoms with Gasteiger partial charge in [-0.3, -0.25) is 4.79 Å². The Labute approximate surface area is 111 Å². The zero-order valence-corrected chi connectivity index (χ0v) is 12.0. The summed E-state index contributed by atoms with van der Waals surface area (Å²) in [7, 11) is 0. The van der Waals surface area contributed by atoms with E-state index in [1.165, 1.54) is 25.7 Å². The molecule has 0 heterocycles. The first-order chi connectivity index (χ1) is 8.43. The Morgan fingerprint density at radius 1 is 1.33 bits per heavy atom. The third kappa shape index (κ3) is 5.36. The molecule has 18 heavy (non-hydrogen) atoms. The van der Waals surface area contributed by atoms with Crippen LogP contribution in [0.25, 0.3) is 0 Å². The van der Waals surface area contributed by atoms with Gasteiger partial charge in [0.15, 0.2) is 0 Å². The summed E-state index contributed by atoms with van der Waals surface area (Å²) >= 11 is 0. The monoisotopic (exact) mass is 256 g/mol. The summed E-state index contributed by atoms with van der Waals surface area (Å²) in [6.45, 7) is 6.75. The quantitative estimate of drug-likeness (QED) is 0.674. The molecule has 0 radical (unpaired) electrons. The molecule has 0 aromatic heterocycles. The maximum absolute atomic E-state index is 11.9. The lowest BCUT2D eigenvalue weighted by Crippen LogP contribution is -2.48. The second-order valence-corrected chi connectivity index (χ2v) is 6.36. The van der Waals surface area contributed by atoms with Gasteiger partial charge in [-0.25, -0.2) is 0 Å². The van der Waals surface area contributed by atoms with Crippen molar-refractivity contribution in [1.29, 1.82) is 0 Å². The van der Waals surface area contributed by atoms with Crippen molar-refractivity contribution in [2.24, 2.45) is 5.41 Å². The molecule has 1 fully saturated rings. The highest BCUT2D eigenvalue weighted by atomic mass is 16.3. The van der Waals surface area contributed by atoms with Crippen LogP contribution in [0.3, 0.4) is 0 Å². The Morgan fingerprint density at radius 3 is 2.44 bits per heavy atom. The van der Waals surface area contributed by atoms with E-state index in [4.69, 9.17) is 5.11 Å². The maximum Gasteiger partial charge on any atom is 0.234 e. The maximum atomic E-state index is 11.9. The van der Waals surface area contributed by atoms with Gasteiger partial charge in [-0.15, -0.1) is 0 Å². The van der Waals surface area contributed by atoms with Crippen LogP contribution in [0.5, 0.6) is 0 Å². The fourth-order valence-electron chi connectivity index (χ4n) is 2.46. The highest BCUT2D eigenvalue weighted by Crippen LogP contribution is 2.21. The molecule has 0 saturated heterocycles. The number of amides is 1. The van der Waals surface area contributed by atoms with Gasteiger partial charge in [0.25, 0.3) is 0 Å². The Balaban J connectivity index is 2.31. The first-order valence-corrected chi connectivity index (χ1v) is 7.07. The van der Waals surface area contributed by atoms with Crippen molar-refractivity contribution in [2.75, 3.05) is 13.2 Å². The van der Waals surface area contributed by atoms with Crippen molar-refractivity contribution in [1.82, 2.24) is 10.6 Å². The molecular weight excluding hydrogens is 228 g/mol. The first-order valence-electron chi connectivity index (χ1n) is 7.07. The molecule has 4 nitrogen and oxygen atoms in total. The number of hydrogen-bond donors (Lipinski definition) is 3. The summed E-state index contributed by atoms with van der Waals surface area (Å²) < 4.78 is 0. The molecule has 0 aromatic carbocycles. The molecule has 1 aliphatic carbocycles. The molecule has 1 aliphatic rings. The highest BCUT2D eigenvalue weighted by Gasteiger charge is 2.25. The Kier molecular flexibility index (Phi) is 6.09. The number of nitrogens with one attached hydrogen (secondary N) is 2. The molecule has 1 rings (SSSR count). The summed E-state index contributed by atoms with van der Waals surface area (Å²) in [5.41, 5.74) is -0.0221. The van der Waals surface area contributed by atoms with E-state index in [-0.39, 0.29) is 24.0 Å². The van der Waals surface area contributed by atoms with Crippen molar-refractivity contribution in [3.63, 3.8) is 0 Å². The van der Waals surface area contributed by atoms with Crippen molar-refractivity contribution in [3.05, 3.63) is 0 Å². The minimum atomic E-state index is -0.0221. The average Bonchev–Trinajstić information content (AvgIpc) is 2.77. The largest absolute Gasteiger partial charge is 0.396 e. The molecule has 106 valence electrons. The molecule has 1 amide bonds. The highest BCUT2D eigenvalue weighted by molar-refractivity contribution is 5.78. The Bertz CT molecular complexity index is 255. The number of carbonyl (C=O) groups excluding carboxylic acids is 1. The normalized spacial score (nSPS) is 18.9. The van der Waals surface area contributed by atoms with E-state index in [1.807, 2.05) is 0 Å². The summed E-state index contributed by atoms with van der Waals surface area (Å²) in [6.07, 6.45) is 5.53. The third-order valence-corrected chi connectivity index (χ3v) is 3.70. The van der Waals surface area contributed by atoms with Crippen LogP contribution in [-0.4, -0.2) is 36.2 Å². The number of aliphatic hydroxyl groups is 1. The van der Waals surface area contributed by atoms with E-state index < -0.39 is 0 Å². The molecule has 1 atom stereocenters. The fraction of sp³-hybridized carbons (Fsp3) is 0.929. The molecule has 4 heteroatoms. The lowest BCUT2D eigenvalue weighted by molar-refractivity contribution is -0.122. The van der Waals surface area contributed by atoms with Crippen LogP contribution in [0, 0.1) is 5.41 Å². The summed E-state index contributed by atoms with van der Waals surface area (Å²) in [5, 5.41) is 15.4. The topological polar surface area (TPSA) is 61.4 Å². The van der Waals surface area contributed by atoms with Crippen LogP contribution >= 0.6 is 0 Å². The third-order valence-electron chi connectivity index (χ3n) is 3.70. The molecular formula is C14H28N2O2. The van der Waals surface area contributed by atoms with E-state index in [1.54, 1.807) is 0 Å². The molecule has 1 unspecified atom stereocenters. The SMILES string of the molecule is CC(C)(C)C(CCO)NC(=O)CNC1CCCC1. The molecule has 0 bridgehead atoms.